The fourth-order valence-electron chi connectivity index (χ4n) is 1.99. The number of carbonyl (C=O) groups excluding carboxylic acids is 1. The van der Waals surface area contributed by atoms with E-state index in [9.17, 15) is 18.7 Å². The number of aliphatic hydroxyl groups excluding tert-OH is 1. The first-order chi connectivity index (χ1) is 10.3. The summed E-state index contributed by atoms with van der Waals surface area (Å²) in [6.45, 7) is 2.70. The van der Waals surface area contributed by atoms with Crippen molar-refractivity contribution in [1.82, 2.24) is 5.32 Å². The van der Waals surface area contributed by atoms with Crippen molar-refractivity contribution >= 4 is 11.7 Å². The monoisotopic (exact) mass is 316 g/mol. The summed E-state index contributed by atoms with van der Waals surface area (Å²) in [5.41, 5.74) is 0.773. The summed E-state index contributed by atoms with van der Waals surface area (Å²) >= 11 is 0. The predicted molar refractivity (Wildman–Crippen MR) is 80.3 cm³/mol. The Balaban J connectivity index is 2.64. The van der Waals surface area contributed by atoms with Crippen LogP contribution in [0, 0.1) is 12.8 Å². The van der Waals surface area contributed by atoms with E-state index in [1.807, 2.05) is 13.8 Å². The number of amides is 2. The number of halogens is 2. The molecule has 0 spiro atoms. The van der Waals surface area contributed by atoms with E-state index >= 15 is 0 Å². The zero-order valence-electron chi connectivity index (χ0n) is 12.9. The first-order valence-corrected chi connectivity index (χ1v) is 7.07. The maximum Gasteiger partial charge on any atom is 0.387 e. The number of aliphatic hydroxyl groups is 1. The summed E-state index contributed by atoms with van der Waals surface area (Å²) in [6.07, 6.45) is -0.0934. The van der Waals surface area contributed by atoms with Crippen LogP contribution in [0.25, 0.3) is 0 Å². The maximum atomic E-state index is 12.4. The van der Waals surface area contributed by atoms with E-state index < -0.39 is 18.7 Å². The van der Waals surface area contributed by atoms with E-state index in [2.05, 4.69) is 15.4 Å². The highest BCUT2D eigenvalue weighted by molar-refractivity contribution is 5.91. The number of carbonyl (C=O) groups is 1. The fraction of sp³-hybridized carbons (Fsp3) is 0.533. The van der Waals surface area contributed by atoms with Gasteiger partial charge in [0.15, 0.2) is 0 Å². The molecule has 22 heavy (non-hydrogen) atoms. The third-order valence-corrected chi connectivity index (χ3v) is 2.93. The van der Waals surface area contributed by atoms with E-state index in [1.165, 1.54) is 6.07 Å². The summed E-state index contributed by atoms with van der Waals surface area (Å²) in [4.78, 5) is 11.8. The molecule has 124 valence electrons. The lowest BCUT2D eigenvalue weighted by molar-refractivity contribution is -0.0493. The number of nitrogens with one attached hydrogen (secondary N) is 2. The SMILES string of the molecule is Cc1cccc(OC(F)F)c1NC(=O)NCC(O)CC(C)C. The molecular formula is C15H22F2N2O3. The van der Waals surface area contributed by atoms with Crippen LogP contribution in [-0.4, -0.2) is 30.4 Å². The van der Waals surface area contributed by atoms with Gasteiger partial charge in [-0.25, -0.2) is 4.79 Å². The van der Waals surface area contributed by atoms with Gasteiger partial charge in [0, 0.05) is 6.54 Å². The first-order valence-electron chi connectivity index (χ1n) is 7.07. The number of urea groups is 1. The van der Waals surface area contributed by atoms with Gasteiger partial charge < -0.3 is 20.5 Å². The molecular weight excluding hydrogens is 294 g/mol. The average Bonchev–Trinajstić information content (AvgIpc) is 2.39. The lowest BCUT2D eigenvalue weighted by Gasteiger charge is -2.17. The van der Waals surface area contributed by atoms with Crippen LogP contribution in [0.5, 0.6) is 5.75 Å². The molecule has 1 aromatic carbocycles. The smallest absolute Gasteiger partial charge is 0.387 e. The molecule has 0 saturated heterocycles. The number of benzene rings is 1. The van der Waals surface area contributed by atoms with Crippen LogP contribution in [0.4, 0.5) is 19.3 Å². The van der Waals surface area contributed by atoms with E-state index in [0.717, 1.165) is 0 Å². The molecule has 0 heterocycles. The van der Waals surface area contributed by atoms with Crippen LogP contribution in [0.1, 0.15) is 25.8 Å². The minimum Gasteiger partial charge on any atom is -0.433 e. The number of aryl methyl sites for hydroxylation is 1. The molecule has 0 saturated carbocycles. The molecule has 0 bridgehead atoms. The van der Waals surface area contributed by atoms with E-state index in [0.29, 0.717) is 17.9 Å². The predicted octanol–water partition coefficient (Wildman–Crippen LogP) is 3.12. The molecule has 5 nitrogen and oxygen atoms in total. The third kappa shape index (κ3) is 6.26. The summed E-state index contributed by atoms with van der Waals surface area (Å²) in [5, 5.41) is 14.7. The van der Waals surface area contributed by atoms with Crippen molar-refractivity contribution in [2.75, 3.05) is 11.9 Å². The molecule has 2 amide bonds. The van der Waals surface area contributed by atoms with E-state index in [1.54, 1.807) is 19.1 Å². The van der Waals surface area contributed by atoms with Crippen LogP contribution < -0.4 is 15.4 Å². The van der Waals surface area contributed by atoms with Crippen molar-refractivity contribution in [1.29, 1.82) is 0 Å². The van der Waals surface area contributed by atoms with Gasteiger partial charge in [-0.05, 0) is 30.9 Å². The number of rotatable bonds is 7. The topological polar surface area (TPSA) is 70.6 Å². The zero-order valence-corrected chi connectivity index (χ0v) is 12.9. The van der Waals surface area contributed by atoms with E-state index in [4.69, 9.17) is 0 Å². The van der Waals surface area contributed by atoms with E-state index in [-0.39, 0.29) is 18.0 Å². The van der Waals surface area contributed by atoms with Crippen molar-refractivity contribution in [2.45, 2.75) is 39.9 Å². The Hall–Kier alpha value is -1.89. The normalized spacial score (nSPS) is 12.4. The van der Waals surface area contributed by atoms with Gasteiger partial charge in [0.1, 0.15) is 5.75 Å². The molecule has 0 aliphatic heterocycles. The molecule has 0 fully saturated rings. The minimum absolute atomic E-state index is 0.0843. The second-order valence-corrected chi connectivity index (χ2v) is 5.44. The van der Waals surface area contributed by atoms with Crippen molar-refractivity contribution in [3.05, 3.63) is 23.8 Å². The van der Waals surface area contributed by atoms with Gasteiger partial charge in [-0.15, -0.1) is 0 Å². The summed E-state index contributed by atoms with van der Waals surface area (Å²) in [7, 11) is 0. The second kappa shape index (κ2) is 8.53. The highest BCUT2D eigenvalue weighted by Gasteiger charge is 2.15. The zero-order chi connectivity index (χ0) is 16.7. The summed E-state index contributed by atoms with van der Waals surface area (Å²) < 4.78 is 29.1. The molecule has 1 atom stereocenters. The molecule has 0 aliphatic rings. The molecule has 1 unspecified atom stereocenters. The number of alkyl halides is 2. The van der Waals surface area contributed by atoms with Crippen LogP contribution in [0.15, 0.2) is 18.2 Å². The van der Waals surface area contributed by atoms with Crippen molar-refractivity contribution in [3.8, 4) is 5.75 Å². The summed E-state index contributed by atoms with van der Waals surface area (Å²) in [6, 6.07) is 3.99. The minimum atomic E-state index is -2.97. The molecule has 7 heteroatoms. The summed E-state index contributed by atoms with van der Waals surface area (Å²) in [5.74, 6) is 0.204. The molecule has 0 aliphatic carbocycles. The molecule has 1 rings (SSSR count). The third-order valence-electron chi connectivity index (χ3n) is 2.93. The number of hydrogen-bond donors (Lipinski definition) is 3. The van der Waals surface area contributed by atoms with Gasteiger partial charge in [-0.1, -0.05) is 26.0 Å². The lowest BCUT2D eigenvalue weighted by atomic mass is 10.1. The molecule has 0 radical (unpaired) electrons. The Morgan fingerprint density at radius 3 is 2.64 bits per heavy atom. The largest absolute Gasteiger partial charge is 0.433 e. The van der Waals surface area contributed by atoms with Gasteiger partial charge in [-0.2, -0.15) is 8.78 Å². The Kier molecular flexibility index (Phi) is 7.04. The highest BCUT2D eigenvalue weighted by Crippen LogP contribution is 2.29. The Bertz CT molecular complexity index is 496. The lowest BCUT2D eigenvalue weighted by Crippen LogP contribution is -2.36. The number of hydrogen-bond acceptors (Lipinski definition) is 3. The number of ether oxygens (including phenoxy) is 1. The van der Waals surface area contributed by atoms with Crippen molar-refractivity contribution in [3.63, 3.8) is 0 Å². The van der Waals surface area contributed by atoms with Gasteiger partial charge in [0.2, 0.25) is 0 Å². The fourth-order valence-corrected chi connectivity index (χ4v) is 1.99. The molecule has 0 aromatic heterocycles. The second-order valence-electron chi connectivity index (χ2n) is 5.44. The number of anilines is 1. The van der Waals surface area contributed by atoms with Crippen molar-refractivity contribution in [2.24, 2.45) is 5.92 Å². The quantitative estimate of drug-likeness (QED) is 0.724. The number of para-hydroxylation sites is 1. The van der Waals surface area contributed by atoms with Gasteiger partial charge in [0.25, 0.3) is 0 Å². The van der Waals surface area contributed by atoms with Gasteiger partial charge in [0.05, 0.1) is 11.8 Å². The van der Waals surface area contributed by atoms with Gasteiger partial charge >= 0.3 is 12.6 Å². The van der Waals surface area contributed by atoms with Crippen LogP contribution >= 0.6 is 0 Å². The van der Waals surface area contributed by atoms with Crippen LogP contribution in [0.3, 0.4) is 0 Å². The molecule has 1 aromatic rings. The van der Waals surface area contributed by atoms with Gasteiger partial charge in [-0.3, -0.25) is 0 Å². The Morgan fingerprint density at radius 1 is 1.36 bits per heavy atom. The maximum absolute atomic E-state index is 12.4. The highest BCUT2D eigenvalue weighted by atomic mass is 19.3. The van der Waals surface area contributed by atoms with Crippen LogP contribution in [0.2, 0.25) is 0 Å². The van der Waals surface area contributed by atoms with Crippen molar-refractivity contribution < 1.29 is 23.4 Å². The first kappa shape index (κ1) is 18.2. The van der Waals surface area contributed by atoms with Crippen LogP contribution in [-0.2, 0) is 0 Å². The molecule has 3 N–H and O–H groups in total. The Morgan fingerprint density at radius 2 is 2.05 bits per heavy atom. The Labute approximate surface area is 128 Å². The standard InChI is InChI=1S/C15H22F2N2O3/c1-9(2)7-11(20)8-18-15(21)19-13-10(3)5-4-6-12(13)22-14(16)17/h4-6,9,11,14,20H,7-8H2,1-3H3,(H2,18,19,21). The average molecular weight is 316 g/mol.